The van der Waals surface area contributed by atoms with Gasteiger partial charge in [0, 0.05) is 12.7 Å². The minimum Gasteiger partial charge on any atom is -0.492 e. The molecule has 0 unspecified atom stereocenters. The summed E-state index contributed by atoms with van der Waals surface area (Å²) in [6, 6.07) is 11.6. The first-order valence-corrected chi connectivity index (χ1v) is 5.47. The Morgan fingerprint density at radius 3 is 2.76 bits per heavy atom. The number of nitrogen functional groups attached to an aromatic ring is 1. The summed E-state index contributed by atoms with van der Waals surface area (Å²) in [6.07, 6.45) is 3.33. The number of hydrogen-bond donors (Lipinski definition) is 2. The van der Waals surface area contributed by atoms with Crippen molar-refractivity contribution in [1.29, 1.82) is 0 Å². The number of para-hydroxylation sites is 1. The Balaban J connectivity index is 1.76. The highest BCUT2D eigenvalue weighted by Crippen LogP contribution is 2.14. The van der Waals surface area contributed by atoms with E-state index in [-0.39, 0.29) is 0 Å². The molecule has 0 saturated heterocycles. The number of nitrogens with one attached hydrogen (secondary N) is 1. The second-order valence-corrected chi connectivity index (χ2v) is 3.55. The van der Waals surface area contributed by atoms with Gasteiger partial charge in [-0.1, -0.05) is 18.2 Å². The predicted molar refractivity (Wildman–Crippen MR) is 69.1 cm³/mol. The molecule has 1 aromatic heterocycles. The largest absolute Gasteiger partial charge is 0.492 e. The lowest BCUT2D eigenvalue weighted by molar-refractivity contribution is 0.333. The first-order chi connectivity index (χ1) is 8.36. The molecule has 1 aromatic carbocycles. The van der Waals surface area contributed by atoms with Crippen LogP contribution in [0.2, 0.25) is 0 Å². The number of nitrogens with two attached hydrogens (primary N) is 1. The number of aromatic nitrogens is 1. The van der Waals surface area contributed by atoms with Gasteiger partial charge in [-0.3, -0.25) is 4.98 Å². The van der Waals surface area contributed by atoms with Gasteiger partial charge in [-0.25, -0.2) is 0 Å². The predicted octanol–water partition coefficient (Wildman–Crippen LogP) is 2.15. The maximum absolute atomic E-state index is 5.75. The van der Waals surface area contributed by atoms with Gasteiger partial charge >= 0.3 is 0 Å². The fraction of sp³-hybridized carbons (Fsp3) is 0.154. The Morgan fingerprint density at radius 2 is 2.00 bits per heavy atom. The number of pyridine rings is 1. The standard InChI is InChI=1S/C13H15N3O/c14-12-10-15-7-6-13(12)16-8-9-17-11-4-2-1-3-5-11/h1-7,10H,8-9,14H2,(H,15,16). The molecule has 1 heterocycles. The van der Waals surface area contributed by atoms with Crippen molar-refractivity contribution in [2.75, 3.05) is 24.2 Å². The van der Waals surface area contributed by atoms with E-state index >= 15 is 0 Å². The summed E-state index contributed by atoms with van der Waals surface area (Å²) in [5, 5.41) is 3.19. The molecule has 3 N–H and O–H groups in total. The maximum atomic E-state index is 5.75. The van der Waals surface area contributed by atoms with E-state index in [1.165, 1.54) is 0 Å². The number of hydrogen-bond acceptors (Lipinski definition) is 4. The summed E-state index contributed by atoms with van der Waals surface area (Å²) >= 11 is 0. The Labute approximate surface area is 100 Å². The maximum Gasteiger partial charge on any atom is 0.119 e. The normalized spacial score (nSPS) is 9.88. The molecule has 88 valence electrons. The Morgan fingerprint density at radius 1 is 1.18 bits per heavy atom. The Hall–Kier alpha value is -2.23. The first-order valence-electron chi connectivity index (χ1n) is 5.47. The third kappa shape index (κ3) is 3.38. The van der Waals surface area contributed by atoms with Crippen LogP contribution in [0.3, 0.4) is 0 Å². The van der Waals surface area contributed by atoms with Gasteiger partial charge in [0.15, 0.2) is 0 Å². The van der Waals surface area contributed by atoms with Crippen LogP contribution in [0.5, 0.6) is 5.75 Å². The van der Waals surface area contributed by atoms with Gasteiger partial charge in [0.05, 0.1) is 17.6 Å². The fourth-order valence-electron chi connectivity index (χ4n) is 1.44. The SMILES string of the molecule is Nc1cnccc1NCCOc1ccccc1. The van der Waals surface area contributed by atoms with Crippen LogP contribution in [0.4, 0.5) is 11.4 Å². The van der Waals surface area contributed by atoms with E-state index in [0.717, 1.165) is 11.4 Å². The zero-order chi connectivity index (χ0) is 11.9. The number of rotatable bonds is 5. The number of ether oxygens (including phenoxy) is 1. The monoisotopic (exact) mass is 229 g/mol. The average Bonchev–Trinajstić information content (AvgIpc) is 2.38. The minimum absolute atomic E-state index is 0.589. The number of nitrogens with zero attached hydrogens (tertiary/aromatic N) is 1. The summed E-state index contributed by atoms with van der Waals surface area (Å²) in [5.74, 6) is 0.872. The van der Waals surface area contributed by atoms with E-state index in [1.807, 2.05) is 36.4 Å². The van der Waals surface area contributed by atoms with Crippen molar-refractivity contribution in [3.63, 3.8) is 0 Å². The van der Waals surface area contributed by atoms with Crippen LogP contribution in [-0.2, 0) is 0 Å². The van der Waals surface area contributed by atoms with E-state index in [0.29, 0.717) is 18.8 Å². The summed E-state index contributed by atoms with van der Waals surface area (Å²) in [5.41, 5.74) is 7.28. The van der Waals surface area contributed by atoms with Crippen LogP contribution in [0.25, 0.3) is 0 Å². The highest BCUT2D eigenvalue weighted by Gasteiger charge is 1.97. The van der Waals surface area contributed by atoms with Crippen molar-refractivity contribution in [1.82, 2.24) is 4.98 Å². The molecule has 0 spiro atoms. The highest BCUT2D eigenvalue weighted by atomic mass is 16.5. The van der Waals surface area contributed by atoms with Crippen molar-refractivity contribution in [3.8, 4) is 5.75 Å². The zero-order valence-electron chi connectivity index (χ0n) is 9.47. The van der Waals surface area contributed by atoms with E-state index in [4.69, 9.17) is 10.5 Å². The average molecular weight is 229 g/mol. The molecule has 0 saturated carbocycles. The van der Waals surface area contributed by atoms with Gasteiger partial charge in [0.2, 0.25) is 0 Å². The van der Waals surface area contributed by atoms with Crippen molar-refractivity contribution in [3.05, 3.63) is 48.8 Å². The van der Waals surface area contributed by atoms with Gasteiger partial charge in [-0.2, -0.15) is 0 Å². The summed E-state index contributed by atoms with van der Waals surface area (Å²) in [7, 11) is 0. The molecule has 0 radical (unpaired) electrons. The zero-order valence-corrected chi connectivity index (χ0v) is 9.47. The van der Waals surface area contributed by atoms with Gasteiger partial charge in [0.25, 0.3) is 0 Å². The molecule has 2 rings (SSSR count). The summed E-state index contributed by atoms with van der Waals surface area (Å²) in [6.45, 7) is 1.29. The van der Waals surface area contributed by atoms with Crippen molar-refractivity contribution in [2.45, 2.75) is 0 Å². The first kappa shape index (κ1) is 11.3. The van der Waals surface area contributed by atoms with Crippen LogP contribution in [-0.4, -0.2) is 18.1 Å². The van der Waals surface area contributed by atoms with Crippen LogP contribution in [0.15, 0.2) is 48.8 Å². The molecule has 0 aliphatic rings. The Bertz CT molecular complexity index is 459. The number of benzene rings is 1. The van der Waals surface area contributed by atoms with Gasteiger partial charge in [-0.15, -0.1) is 0 Å². The van der Waals surface area contributed by atoms with Crippen molar-refractivity contribution in [2.24, 2.45) is 0 Å². The molecule has 4 nitrogen and oxygen atoms in total. The lowest BCUT2D eigenvalue weighted by Crippen LogP contribution is -2.12. The molecule has 17 heavy (non-hydrogen) atoms. The van der Waals surface area contributed by atoms with E-state index in [2.05, 4.69) is 10.3 Å². The molecule has 0 aliphatic heterocycles. The van der Waals surface area contributed by atoms with Crippen LogP contribution < -0.4 is 15.8 Å². The quantitative estimate of drug-likeness (QED) is 0.771. The summed E-state index contributed by atoms with van der Waals surface area (Å²) in [4.78, 5) is 3.92. The van der Waals surface area contributed by atoms with Gasteiger partial charge in [0.1, 0.15) is 12.4 Å². The second-order valence-electron chi connectivity index (χ2n) is 3.55. The molecule has 0 bridgehead atoms. The molecular weight excluding hydrogens is 214 g/mol. The molecule has 2 aromatic rings. The third-order valence-corrected chi connectivity index (χ3v) is 2.28. The fourth-order valence-corrected chi connectivity index (χ4v) is 1.44. The molecular formula is C13H15N3O. The lowest BCUT2D eigenvalue weighted by atomic mass is 10.3. The number of anilines is 2. The van der Waals surface area contributed by atoms with E-state index in [1.54, 1.807) is 12.4 Å². The van der Waals surface area contributed by atoms with Gasteiger partial charge < -0.3 is 15.8 Å². The molecule has 0 fully saturated rings. The van der Waals surface area contributed by atoms with Crippen LogP contribution in [0.1, 0.15) is 0 Å². The molecule has 0 atom stereocenters. The van der Waals surface area contributed by atoms with E-state index in [9.17, 15) is 0 Å². The highest BCUT2D eigenvalue weighted by molar-refractivity contribution is 5.64. The molecule has 0 aliphatic carbocycles. The van der Waals surface area contributed by atoms with Crippen LogP contribution >= 0.6 is 0 Å². The topological polar surface area (TPSA) is 60.2 Å². The minimum atomic E-state index is 0.589. The second kappa shape index (κ2) is 5.75. The smallest absolute Gasteiger partial charge is 0.119 e. The lowest BCUT2D eigenvalue weighted by Gasteiger charge is -2.09. The van der Waals surface area contributed by atoms with Crippen molar-refractivity contribution >= 4 is 11.4 Å². The molecule has 0 amide bonds. The Kier molecular flexibility index (Phi) is 3.81. The molecule has 4 heteroatoms. The van der Waals surface area contributed by atoms with E-state index < -0.39 is 0 Å². The van der Waals surface area contributed by atoms with Crippen LogP contribution in [0, 0.1) is 0 Å². The van der Waals surface area contributed by atoms with Gasteiger partial charge in [-0.05, 0) is 18.2 Å². The third-order valence-electron chi connectivity index (χ3n) is 2.28. The van der Waals surface area contributed by atoms with Crippen molar-refractivity contribution < 1.29 is 4.74 Å². The summed E-state index contributed by atoms with van der Waals surface area (Å²) < 4.78 is 5.55.